The molecule has 25 heavy (non-hydrogen) atoms. The van der Waals surface area contributed by atoms with Gasteiger partial charge in [0, 0.05) is 17.3 Å². The van der Waals surface area contributed by atoms with Crippen LogP contribution < -0.4 is 15.9 Å². The molecule has 0 radical (unpaired) electrons. The summed E-state index contributed by atoms with van der Waals surface area (Å²) in [4.78, 5) is 24.7. The molecule has 0 spiro atoms. The van der Waals surface area contributed by atoms with Gasteiger partial charge in [0.2, 0.25) is 0 Å². The minimum Gasteiger partial charge on any atom is -0.481 e. The van der Waals surface area contributed by atoms with Gasteiger partial charge < -0.3 is 14.9 Å². The first-order chi connectivity index (χ1) is 12.0. The van der Waals surface area contributed by atoms with E-state index in [0.29, 0.717) is 28.3 Å². The molecule has 7 nitrogen and oxygen atoms in total. The number of aryl methyl sites for hydroxylation is 2. The summed E-state index contributed by atoms with van der Waals surface area (Å²) in [6.07, 6.45) is 5.23. The van der Waals surface area contributed by atoms with Gasteiger partial charge in [-0.15, -0.1) is 6.42 Å². The number of H-pyrrole nitrogens is 4. The molecule has 3 aromatic rings. The number of aromatic amines is 4. The Kier molecular flexibility index (Phi) is 4.35. The third-order valence-electron chi connectivity index (χ3n) is 4.12. The van der Waals surface area contributed by atoms with E-state index in [2.05, 4.69) is 26.3 Å². The van der Waals surface area contributed by atoms with E-state index in [4.69, 9.17) is 11.2 Å². The summed E-state index contributed by atoms with van der Waals surface area (Å²) >= 11 is 0. The highest BCUT2D eigenvalue weighted by Crippen LogP contribution is 2.32. The van der Waals surface area contributed by atoms with Crippen LogP contribution in [0.25, 0.3) is 0 Å². The van der Waals surface area contributed by atoms with Crippen molar-refractivity contribution in [2.75, 3.05) is 6.61 Å². The molecule has 1 aromatic carbocycles. The van der Waals surface area contributed by atoms with Crippen LogP contribution in [-0.2, 0) is 0 Å². The fraction of sp³-hybridized carbons (Fsp3) is 0.222. The number of hydrogen-bond donors (Lipinski definition) is 4. The molecule has 0 atom stereocenters. The molecule has 0 saturated heterocycles. The van der Waals surface area contributed by atoms with Gasteiger partial charge in [-0.1, -0.05) is 18.1 Å². The molecule has 0 bridgehead atoms. The number of terminal acetylenes is 1. The van der Waals surface area contributed by atoms with Crippen molar-refractivity contribution < 1.29 is 4.74 Å². The van der Waals surface area contributed by atoms with E-state index < -0.39 is 5.92 Å². The highest BCUT2D eigenvalue weighted by molar-refractivity contribution is 5.46. The van der Waals surface area contributed by atoms with Gasteiger partial charge in [0.25, 0.3) is 11.1 Å². The van der Waals surface area contributed by atoms with Crippen molar-refractivity contribution in [1.29, 1.82) is 0 Å². The quantitative estimate of drug-likeness (QED) is 0.530. The smallest absolute Gasteiger partial charge is 0.268 e. The number of ether oxygens (including phenoxy) is 1. The highest BCUT2D eigenvalue weighted by Gasteiger charge is 2.28. The molecule has 3 rings (SSSR count). The average Bonchev–Trinajstić information content (AvgIpc) is 3.11. The van der Waals surface area contributed by atoms with Crippen molar-refractivity contribution in [3.63, 3.8) is 0 Å². The van der Waals surface area contributed by atoms with Crippen molar-refractivity contribution >= 4 is 0 Å². The number of benzene rings is 1. The van der Waals surface area contributed by atoms with Crippen LogP contribution in [0.4, 0.5) is 0 Å². The van der Waals surface area contributed by atoms with Gasteiger partial charge in [0.1, 0.15) is 12.4 Å². The van der Waals surface area contributed by atoms with Gasteiger partial charge in [0.05, 0.1) is 11.1 Å². The Balaban J connectivity index is 2.22. The molecular weight excluding hydrogens is 320 g/mol. The van der Waals surface area contributed by atoms with Crippen molar-refractivity contribution in [2.24, 2.45) is 0 Å². The minimum atomic E-state index is -0.542. The van der Waals surface area contributed by atoms with Crippen LogP contribution in [0, 0.1) is 26.2 Å². The van der Waals surface area contributed by atoms with Crippen LogP contribution in [0.2, 0.25) is 0 Å². The zero-order chi connectivity index (χ0) is 18.0. The predicted molar refractivity (Wildman–Crippen MR) is 94.0 cm³/mol. The monoisotopic (exact) mass is 338 g/mol. The maximum Gasteiger partial charge on any atom is 0.268 e. The normalized spacial score (nSPS) is 10.8. The van der Waals surface area contributed by atoms with Crippen LogP contribution in [0.5, 0.6) is 5.75 Å². The first-order valence-corrected chi connectivity index (χ1v) is 7.73. The van der Waals surface area contributed by atoms with Crippen LogP contribution in [0.3, 0.4) is 0 Å². The summed E-state index contributed by atoms with van der Waals surface area (Å²) in [5.41, 5.74) is 2.55. The molecule has 7 heteroatoms. The zero-order valence-corrected chi connectivity index (χ0v) is 13.9. The second kappa shape index (κ2) is 6.61. The number of nitrogens with one attached hydrogen (secondary N) is 4. The fourth-order valence-electron chi connectivity index (χ4n) is 2.99. The number of hydrogen-bond acceptors (Lipinski definition) is 3. The minimum absolute atomic E-state index is 0.141. The van der Waals surface area contributed by atoms with E-state index in [1.807, 2.05) is 6.07 Å². The Labute approximate surface area is 143 Å². The van der Waals surface area contributed by atoms with Crippen molar-refractivity contribution in [3.8, 4) is 18.1 Å². The maximum atomic E-state index is 12.4. The average molecular weight is 338 g/mol. The first-order valence-electron chi connectivity index (χ1n) is 7.73. The van der Waals surface area contributed by atoms with E-state index in [-0.39, 0.29) is 17.7 Å². The second-order valence-electron chi connectivity index (χ2n) is 5.73. The summed E-state index contributed by atoms with van der Waals surface area (Å²) in [6.45, 7) is 3.71. The SMILES string of the molecule is C#CCOc1cccc(C(c2c(C)[nH][nH]c2=O)c2c(C)[nH][nH]c2=O)c1. The molecule has 0 amide bonds. The summed E-state index contributed by atoms with van der Waals surface area (Å²) in [5.74, 6) is 2.45. The lowest BCUT2D eigenvalue weighted by atomic mass is 9.85. The zero-order valence-electron chi connectivity index (χ0n) is 13.9. The van der Waals surface area contributed by atoms with Crippen molar-refractivity contribution in [1.82, 2.24) is 20.4 Å². The number of aromatic nitrogens is 4. The van der Waals surface area contributed by atoms with Crippen molar-refractivity contribution in [2.45, 2.75) is 19.8 Å². The lowest BCUT2D eigenvalue weighted by molar-refractivity contribution is 0.370. The van der Waals surface area contributed by atoms with Crippen molar-refractivity contribution in [3.05, 3.63) is 73.1 Å². The topological polar surface area (TPSA) is 107 Å². The van der Waals surface area contributed by atoms with Crippen LogP contribution in [-0.4, -0.2) is 27.0 Å². The molecule has 0 saturated carbocycles. The standard InChI is InChI=1S/C18H18N4O3/c1-4-8-25-13-7-5-6-12(9-13)16(14-10(2)19-21-17(14)23)15-11(3)20-22-18(15)24/h1,5-7,9,16H,8H2,2-3H3,(H2,19,21,23)(H2,20,22,24). The van der Waals surface area contributed by atoms with Crippen LogP contribution in [0.15, 0.2) is 33.9 Å². The van der Waals surface area contributed by atoms with Gasteiger partial charge in [-0.2, -0.15) is 0 Å². The van der Waals surface area contributed by atoms with E-state index >= 15 is 0 Å². The molecule has 2 aromatic heterocycles. The molecule has 0 aliphatic heterocycles. The molecule has 0 unspecified atom stereocenters. The van der Waals surface area contributed by atoms with Gasteiger partial charge in [-0.3, -0.25) is 19.8 Å². The Hall–Kier alpha value is -3.40. The first kappa shape index (κ1) is 16.5. The maximum absolute atomic E-state index is 12.4. The Morgan fingerprint density at radius 3 is 2.12 bits per heavy atom. The van der Waals surface area contributed by atoms with Gasteiger partial charge in [-0.05, 0) is 31.5 Å². The third kappa shape index (κ3) is 3.02. The van der Waals surface area contributed by atoms with Gasteiger partial charge in [-0.25, -0.2) is 0 Å². The molecule has 2 heterocycles. The fourth-order valence-corrected chi connectivity index (χ4v) is 2.99. The lowest BCUT2D eigenvalue weighted by Crippen LogP contribution is -2.20. The van der Waals surface area contributed by atoms with Crippen LogP contribution >= 0.6 is 0 Å². The Morgan fingerprint density at radius 1 is 1.04 bits per heavy atom. The molecule has 4 N–H and O–H groups in total. The Bertz CT molecular complexity index is 991. The molecule has 128 valence electrons. The molecule has 0 aliphatic rings. The molecule has 0 fully saturated rings. The summed E-state index contributed by atoms with van der Waals surface area (Å²) < 4.78 is 5.48. The molecular formula is C18H18N4O3. The van der Waals surface area contributed by atoms with E-state index in [1.54, 1.807) is 32.0 Å². The number of rotatable bonds is 5. The largest absolute Gasteiger partial charge is 0.481 e. The summed E-state index contributed by atoms with van der Waals surface area (Å²) in [5, 5.41) is 10.8. The lowest BCUT2D eigenvalue weighted by Gasteiger charge is -2.16. The highest BCUT2D eigenvalue weighted by atomic mass is 16.5. The molecule has 0 aliphatic carbocycles. The summed E-state index contributed by atoms with van der Waals surface area (Å²) in [6, 6.07) is 7.23. The third-order valence-corrected chi connectivity index (χ3v) is 4.12. The van der Waals surface area contributed by atoms with E-state index in [9.17, 15) is 9.59 Å². The van der Waals surface area contributed by atoms with Crippen LogP contribution in [0.1, 0.15) is 34.0 Å². The second-order valence-corrected chi connectivity index (χ2v) is 5.73. The van der Waals surface area contributed by atoms with E-state index in [0.717, 1.165) is 5.56 Å². The summed E-state index contributed by atoms with van der Waals surface area (Å²) in [7, 11) is 0. The Morgan fingerprint density at radius 2 is 1.64 bits per heavy atom. The van der Waals surface area contributed by atoms with Gasteiger partial charge in [0.15, 0.2) is 0 Å². The predicted octanol–water partition coefficient (Wildman–Crippen LogP) is 1.53. The van der Waals surface area contributed by atoms with Gasteiger partial charge >= 0.3 is 0 Å². The van der Waals surface area contributed by atoms with E-state index in [1.165, 1.54) is 0 Å².